The van der Waals surface area contributed by atoms with E-state index in [1.54, 1.807) is 0 Å². The number of nitrogens with zero attached hydrogens (tertiary/aromatic N) is 3. The van der Waals surface area contributed by atoms with Crippen molar-refractivity contribution in [1.29, 1.82) is 0 Å². The molecule has 0 radical (unpaired) electrons. The Kier molecular flexibility index (Phi) is 3.55. The number of aromatic nitrogens is 2. The number of halogens is 1. The van der Waals surface area contributed by atoms with E-state index in [1.165, 1.54) is 12.4 Å². The lowest BCUT2D eigenvalue weighted by molar-refractivity contribution is -0.396. The predicted octanol–water partition coefficient (Wildman–Crippen LogP) is 0.220. The molecule has 0 aromatic carbocycles. The van der Waals surface area contributed by atoms with Crippen LogP contribution in [-0.4, -0.2) is 36.6 Å². The molecule has 1 unspecified atom stereocenters. The Balaban J connectivity index is 2.68. The lowest BCUT2D eigenvalue weighted by Crippen LogP contribution is -2.38. The van der Waals surface area contributed by atoms with Crippen LogP contribution in [0.15, 0.2) is 12.4 Å². The van der Waals surface area contributed by atoms with Crippen molar-refractivity contribution in [2.75, 3.05) is 0 Å². The molecule has 1 heterocycles. The fraction of sp³-hybridized carbons (Fsp3) is 0.625. The molecule has 16 heavy (non-hydrogen) atoms. The van der Waals surface area contributed by atoms with Gasteiger partial charge in [0.15, 0.2) is 12.0 Å². The van der Waals surface area contributed by atoms with Crippen LogP contribution in [0.1, 0.15) is 13.3 Å². The zero-order chi connectivity index (χ0) is 12.3. The lowest BCUT2D eigenvalue weighted by Gasteiger charge is -2.22. The number of alkyl halides is 1. The average Bonchev–Trinajstić information content (AvgIpc) is 2.62. The summed E-state index contributed by atoms with van der Waals surface area (Å²) >= 11 is 0. The number of hydrogen-bond donors (Lipinski definition) is 2. The molecule has 0 spiro atoms. The molecule has 0 fully saturated rings. The number of nitro groups is 1. The van der Waals surface area contributed by atoms with E-state index in [2.05, 4.69) is 4.98 Å². The van der Waals surface area contributed by atoms with E-state index in [1.807, 2.05) is 0 Å². The molecule has 1 aromatic rings. The van der Waals surface area contributed by atoms with Crippen LogP contribution in [0.5, 0.6) is 0 Å². The van der Waals surface area contributed by atoms with Crippen molar-refractivity contribution in [2.24, 2.45) is 0 Å². The molecule has 8 heteroatoms. The van der Waals surface area contributed by atoms with Crippen molar-refractivity contribution in [3.63, 3.8) is 0 Å². The number of imidazole rings is 1. The molecule has 1 atom stereocenters. The second kappa shape index (κ2) is 4.54. The Morgan fingerprint density at radius 2 is 2.38 bits per heavy atom. The normalized spacial score (nSPS) is 13.8. The van der Waals surface area contributed by atoms with Gasteiger partial charge in [0.25, 0.3) is 0 Å². The highest BCUT2D eigenvalue weighted by Crippen LogP contribution is 2.17. The summed E-state index contributed by atoms with van der Waals surface area (Å²) in [5, 5.41) is 28.9. The van der Waals surface area contributed by atoms with Gasteiger partial charge in [-0.05, 0) is 11.8 Å². The topological polar surface area (TPSA) is 101 Å². The third kappa shape index (κ3) is 2.74. The fourth-order valence-corrected chi connectivity index (χ4v) is 1.13. The van der Waals surface area contributed by atoms with E-state index in [0.717, 1.165) is 11.5 Å². The second-order valence-corrected chi connectivity index (χ2v) is 3.42. The van der Waals surface area contributed by atoms with Gasteiger partial charge in [0.05, 0.1) is 6.54 Å². The molecule has 0 amide bonds. The maximum Gasteiger partial charge on any atom is 0.434 e. The highest BCUT2D eigenvalue weighted by molar-refractivity contribution is 5.06. The summed E-state index contributed by atoms with van der Waals surface area (Å²) in [6, 6.07) is 0. The molecule has 0 aliphatic carbocycles. The van der Waals surface area contributed by atoms with Gasteiger partial charge in [-0.1, -0.05) is 4.98 Å². The number of aryl methyl sites for hydroxylation is 1. The van der Waals surface area contributed by atoms with Crippen molar-refractivity contribution in [3.8, 4) is 0 Å². The van der Waals surface area contributed by atoms with Gasteiger partial charge in [0.2, 0.25) is 0 Å². The molecule has 0 aliphatic heterocycles. The fourth-order valence-electron chi connectivity index (χ4n) is 1.13. The van der Waals surface area contributed by atoms with Crippen molar-refractivity contribution in [3.05, 3.63) is 22.5 Å². The van der Waals surface area contributed by atoms with Crippen LogP contribution in [0.2, 0.25) is 0 Å². The van der Waals surface area contributed by atoms with Crippen LogP contribution >= 0.6 is 0 Å². The molecule has 1 aromatic heterocycles. The molecule has 0 aliphatic rings. The van der Waals surface area contributed by atoms with E-state index < -0.39 is 22.8 Å². The summed E-state index contributed by atoms with van der Waals surface area (Å²) in [5.74, 6) is -2.90. The molecule has 2 N–H and O–H groups in total. The Labute approximate surface area is 90.3 Å². The maximum atomic E-state index is 12.7. The van der Waals surface area contributed by atoms with Crippen LogP contribution in [0.25, 0.3) is 0 Å². The molecular weight excluding hydrogens is 221 g/mol. The van der Waals surface area contributed by atoms with Gasteiger partial charge < -0.3 is 20.3 Å². The van der Waals surface area contributed by atoms with Crippen molar-refractivity contribution in [2.45, 2.75) is 31.8 Å². The van der Waals surface area contributed by atoms with E-state index in [0.29, 0.717) is 0 Å². The van der Waals surface area contributed by atoms with Crippen LogP contribution in [-0.2, 0) is 6.54 Å². The molecule has 0 bridgehead atoms. The highest BCUT2D eigenvalue weighted by atomic mass is 19.1. The third-order valence-electron chi connectivity index (χ3n) is 2.21. The quantitative estimate of drug-likeness (QED) is 0.430. The van der Waals surface area contributed by atoms with Crippen molar-refractivity contribution >= 4 is 5.95 Å². The van der Waals surface area contributed by atoms with E-state index in [9.17, 15) is 24.7 Å². The Morgan fingerprint density at radius 3 is 2.88 bits per heavy atom. The number of rotatable bonds is 5. The predicted molar refractivity (Wildman–Crippen MR) is 51.2 cm³/mol. The summed E-state index contributed by atoms with van der Waals surface area (Å²) in [5.41, 5.74) is 0. The van der Waals surface area contributed by atoms with Crippen molar-refractivity contribution in [1.82, 2.24) is 9.55 Å². The van der Waals surface area contributed by atoms with Gasteiger partial charge in [0, 0.05) is 6.42 Å². The van der Waals surface area contributed by atoms with Crippen LogP contribution in [0, 0.1) is 10.1 Å². The smallest absolute Gasteiger partial charge is 0.390 e. The van der Waals surface area contributed by atoms with Gasteiger partial charge in [0.1, 0.15) is 12.4 Å². The lowest BCUT2D eigenvalue weighted by atomic mass is 10.1. The summed E-state index contributed by atoms with van der Waals surface area (Å²) in [7, 11) is 0. The first-order chi connectivity index (χ1) is 7.34. The molecule has 1 rings (SSSR count). The maximum absolute atomic E-state index is 12.7. The number of aliphatic hydroxyl groups is 2. The highest BCUT2D eigenvalue weighted by Gasteiger charge is 2.32. The minimum Gasteiger partial charge on any atom is -0.390 e. The largest absolute Gasteiger partial charge is 0.434 e. The van der Waals surface area contributed by atoms with Gasteiger partial charge in [-0.2, -0.15) is 0 Å². The van der Waals surface area contributed by atoms with Crippen LogP contribution < -0.4 is 0 Å². The first-order valence-corrected chi connectivity index (χ1v) is 4.59. The molecule has 90 valence electrons. The van der Waals surface area contributed by atoms with E-state index in [4.69, 9.17) is 0 Å². The van der Waals surface area contributed by atoms with Gasteiger partial charge in [-0.15, -0.1) is 0 Å². The second-order valence-electron chi connectivity index (χ2n) is 3.42. The zero-order valence-corrected chi connectivity index (χ0v) is 8.58. The summed E-state index contributed by atoms with van der Waals surface area (Å²) < 4.78 is 13.8. The summed E-state index contributed by atoms with van der Waals surface area (Å²) in [6.07, 6.45) is 0.335. The Bertz CT molecular complexity index is 377. The molecular formula is C8H12FN3O4. The Morgan fingerprint density at radius 1 is 1.75 bits per heavy atom. The zero-order valence-electron chi connectivity index (χ0n) is 8.58. The minimum atomic E-state index is -2.49. The van der Waals surface area contributed by atoms with Crippen LogP contribution in [0.4, 0.5) is 10.3 Å². The SMILES string of the molecule is CC(F)C(O)(O)CCn1ccnc1[N+](=O)[O-]. The van der Waals surface area contributed by atoms with Gasteiger partial charge in [-0.3, -0.25) is 0 Å². The van der Waals surface area contributed by atoms with E-state index >= 15 is 0 Å². The monoisotopic (exact) mass is 233 g/mol. The minimum absolute atomic E-state index is 0.0996. The molecule has 0 saturated carbocycles. The van der Waals surface area contributed by atoms with Gasteiger partial charge in [-0.25, -0.2) is 8.96 Å². The number of hydrogen-bond acceptors (Lipinski definition) is 5. The molecule has 7 nitrogen and oxygen atoms in total. The average molecular weight is 233 g/mol. The Hall–Kier alpha value is -1.54. The standard InChI is InChI=1S/C8H12FN3O4/c1-6(9)8(13,14)2-4-11-5-3-10-7(11)12(15)16/h3,5-6,13-14H,2,4H2,1H3. The first kappa shape index (κ1) is 12.5. The first-order valence-electron chi connectivity index (χ1n) is 4.59. The van der Waals surface area contributed by atoms with Crippen LogP contribution in [0.3, 0.4) is 0 Å². The summed E-state index contributed by atoms with van der Waals surface area (Å²) in [6.45, 7) is 0.903. The van der Waals surface area contributed by atoms with Gasteiger partial charge >= 0.3 is 5.95 Å². The summed E-state index contributed by atoms with van der Waals surface area (Å²) in [4.78, 5) is 13.2. The molecule has 0 saturated heterocycles. The third-order valence-corrected chi connectivity index (χ3v) is 2.21. The van der Waals surface area contributed by atoms with Crippen molar-refractivity contribution < 1.29 is 19.5 Å². The van der Waals surface area contributed by atoms with E-state index in [-0.39, 0.29) is 13.0 Å².